The molecule has 1 N–H and O–H groups in total. The van der Waals surface area contributed by atoms with Crippen molar-refractivity contribution in [2.75, 3.05) is 18.9 Å². The van der Waals surface area contributed by atoms with Crippen LogP contribution < -0.4 is 5.32 Å². The number of anilines is 1. The average Bonchev–Trinajstić information content (AvgIpc) is 3.30. The van der Waals surface area contributed by atoms with Crippen molar-refractivity contribution in [3.05, 3.63) is 76.3 Å². The normalized spacial score (nSPS) is 13.1. The van der Waals surface area contributed by atoms with Gasteiger partial charge in [-0.1, -0.05) is 24.3 Å². The Kier molecular flexibility index (Phi) is 6.00. The zero-order valence-corrected chi connectivity index (χ0v) is 18.7. The summed E-state index contributed by atoms with van der Waals surface area (Å²) in [4.78, 5) is 41.4. The summed E-state index contributed by atoms with van der Waals surface area (Å²) < 4.78 is 27.1. The van der Waals surface area contributed by atoms with Crippen LogP contribution in [0.5, 0.6) is 0 Å². The fraction of sp³-hybridized carbons (Fsp3) is 0.182. The number of fused-ring (bicyclic) bond motifs is 2. The molecule has 4 rings (SSSR count). The number of rotatable bonds is 7. The van der Waals surface area contributed by atoms with Crippen LogP contribution in [0.3, 0.4) is 0 Å². The van der Waals surface area contributed by atoms with Gasteiger partial charge in [-0.3, -0.25) is 14.4 Å². The number of nitrogens with zero attached hydrogens (tertiary/aromatic N) is 2. The summed E-state index contributed by atoms with van der Waals surface area (Å²) in [6.07, 6.45) is 2.02. The first kappa shape index (κ1) is 22.0. The Morgan fingerprint density at radius 1 is 1.03 bits per heavy atom. The van der Waals surface area contributed by atoms with Crippen LogP contribution in [0.1, 0.15) is 44.7 Å². The minimum Gasteiger partial charge on any atom is -0.302 e. The van der Waals surface area contributed by atoms with Crippen LogP contribution in [0.15, 0.2) is 58.9 Å². The van der Waals surface area contributed by atoms with Gasteiger partial charge in [-0.05, 0) is 24.6 Å². The summed E-state index contributed by atoms with van der Waals surface area (Å²) in [5.74, 6) is -0.935. The Morgan fingerprint density at radius 2 is 1.69 bits per heavy atom. The molecule has 164 valence electrons. The van der Waals surface area contributed by atoms with Gasteiger partial charge in [0.15, 0.2) is 16.7 Å². The second kappa shape index (κ2) is 8.73. The number of benzene rings is 2. The minimum atomic E-state index is -3.91. The molecule has 0 saturated carbocycles. The van der Waals surface area contributed by atoms with Crippen LogP contribution in [0, 0.1) is 0 Å². The van der Waals surface area contributed by atoms with Gasteiger partial charge >= 0.3 is 0 Å². The van der Waals surface area contributed by atoms with Crippen molar-refractivity contribution < 1.29 is 22.8 Å². The summed E-state index contributed by atoms with van der Waals surface area (Å²) in [5, 5.41) is 4.88. The molecule has 0 bridgehead atoms. The second-order valence-corrected chi connectivity index (χ2v) is 10.2. The van der Waals surface area contributed by atoms with Crippen LogP contribution in [-0.4, -0.2) is 48.8 Å². The maximum atomic E-state index is 13.0. The number of carbonyl (C=O) groups is 3. The number of amides is 1. The zero-order valence-electron chi connectivity index (χ0n) is 17.1. The molecule has 0 spiro atoms. The number of hydrogen-bond donors (Lipinski definition) is 1. The predicted molar refractivity (Wildman–Crippen MR) is 120 cm³/mol. The molecule has 0 saturated heterocycles. The molecule has 32 heavy (non-hydrogen) atoms. The van der Waals surface area contributed by atoms with Crippen molar-refractivity contribution in [1.29, 1.82) is 0 Å². The quantitative estimate of drug-likeness (QED) is 0.445. The van der Waals surface area contributed by atoms with Gasteiger partial charge in [0, 0.05) is 53.8 Å². The number of nitrogens with one attached hydrogen (secondary N) is 1. The van der Waals surface area contributed by atoms with Gasteiger partial charge in [0.25, 0.3) is 0 Å². The van der Waals surface area contributed by atoms with Crippen molar-refractivity contribution in [3.63, 3.8) is 0 Å². The molecule has 8 nitrogen and oxygen atoms in total. The molecule has 1 aromatic heterocycles. The molecule has 0 unspecified atom stereocenters. The van der Waals surface area contributed by atoms with E-state index in [2.05, 4.69) is 10.3 Å². The molecule has 3 aromatic rings. The summed E-state index contributed by atoms with van der Waals surface area (Å²) in [5.41, 5.74) is 0.841. The van der Waals surface area contributed by atoms with Crippen LogP contribution >= 0.6 is 11.3 Å². The molecule has 2 aromatic carbocycles. The van der Waals surface area contributed by atoms with Gasteiger partial charge in [-0.15, -0.1) is 11.3 Å². The summed E-state index contributed by atoms with van der Waals surface area (Å²) in [6.45, 7) is 0.112. The van der Waals surface area contributed by atoms with Crippen molar-refractivity contribution in [2.24, 2.45) is 0 Å². The first-order valence-corrected chi connectivity index (χ1v) is 12.1. The van der Waals surface area contributed by atoms with Crippen molar-refractivity contribution in [1.82, 2.24) is 9.29 Å². The van der Waals surface area contributed by atoms with Crippen molar-refractivity contribution in [3.8, 4) is 0 Å². The number of thiazole rings is 1. The number of carbonyl (C=O) groups excluding carboxylic acids is 3. The molecule has 1 aliphatic rings. The molecular formula is C22H19N3O5S2. The molecule has 0 aliphatic heterocycles. The molecule has 0 radical (unpaired) electrons. The summed E-state index contributed by atoms with van der Waals surface area (Å²) in [7, 11) is -2.50. The van der Waals surface area contributed by atoms with Gasteiger partial charge in [0.1, 0.15) is 0 Å². The first-order chi connectivity index (χ1) is 15.3. The minimum absolute atomic E-state index is 0.0750. The van der Waals surface area contributed by atoms with E-state index in [1.54, 1.807) is 35.8 Å². The van der Waals surface area contributed by atoms with E-state index in [0.29, 0.717) is 17.1 Å². The number of hydrogen-bond acceptors (Lipinski definition) is 7. The maximum absolute atomic E-state index is 13.0. The lowest BCUT2D eigenvalue weighted by Gasteiger charge is -2.20. The van der Waals surface area contributed by atoms with E-state index in [-0.39, 0.29) is 52.0 Å². The van der Waals surface area contributed by atoms with Crippen LogP contribution in [-0.2, 0) is 14.8 Å². The highest BCUT2D eigenvalue weighted by atomic mass is 32.2. The summed E-state index contributed by atoms with van der Waals surface area (Å²) in [6, 6.07) is 10.5. The van der Waals surface area contributed by atoms with E-state index in [1.807, 2.05) is 0 Å². The van der Waals surface area contributed by atoms with E-state index >= 15 is 0 Å². The number of aromatic nitrogens is 1. The molecular weight excluding hydrogens is 450 g/mol. The van der Waals surface area contributed by atoms with Crippen LogP contribution in [0.4, 0.5) is 5.13 Å². The Balaban J connectivity index is 1.47. The van der Waals surface area contributed by atoms with E-state index in [1.165, 1.54) is 36.6 Å². The number of sulfonamides is 1. The van der Waals surface area contributed by atoms with E-state index < -0.39 is 10.0 Å². The molecule has 0 atom stereocenters. The molecule has 10 heteroatoms. The third kappa shape index (κ3) is 4.12. The highest BCUT2D eigenvalue weighted by molar-refractivity contribution is 7.89. The van der Waals surface area contributed by atoms with Gasteiger partial charge in [-0.25, -0.2) is 17.7 Å². The second-order valence-electron chi connectivity index (χ2n) is 7.23. The molecule has 1 heterocycles. The lowest BCUT2D eigenvalue weighted by molar-refractivity contribution is -0.116. The van der Waals surface area contributed by atoms with E-state index in [9.17, 15) is 22.8 Å². The average molecular weight is 470 g/mol. The van der Waals surface area contributed by atoms with Crippen molar-refractivity contribution >= 4 is 44.0 Å². The monoisotopic (exact) mass is 469 g/mol. The Morgan fingerprint density at radius 3 is 2.34 bits per heavy atom. The van der Waals surface area contributed by atoms with Crippen LogP contribution in [0.2, 0.25) is 0 Å². The Hall–Kier alpha value is -3.21. The molecule has 0 fully saturated rings. The zero-order chi connectivity index (χ0) is 22.9. The van der Waals surface area contributed by atoms with E-state index in [4.69, 9.17) is 0 Å². The van der Waals surface area contributed by atoms with Gasteiger partial charge in [-0.2, -0.15) is 0 Å². The lowest BCUT2D eigenvalue weighted by Crippen LogP contribution is -2.29. The smallest absolute Gasteiger partial charge is 0.242 e. The van der Waals surface area contributed by atoms with Crippen LogP contribution in [0.25, 0.3) is 0 Å². The predicted octanol–water partition coefficient (Wildman–Crippen LogP) is 2.96. The van der Waals surface area contributed by atoms with Gasteiger partial charge < -0.3 is 5.32 Å². The fourth-order valence-corrected chi connectivity index (χ4v) is 5.25. The maximum Gasteiger partial charge on any atom is 0.242 e. The topological polar surface area (TPSA) is 114 Å². The molecule has 1 aliphatic carbocycles. The Bertz CT molecular complexity index is 1320. The highest BCUT2D eigenvalue weighted by Gasteiger charge is 2.31. The lowest BCUT2D eigenvalue weighted by atomic mass is 9.84. The van der Waals surface area contributed by atoms with Gasteiger partial charge in [0.2, 0.25) is 15.9 Å². The van der Waals surface area contributed by atoms with Crippen molar-refractivity contribution in [2.45, 2.75) is 17.7 Å². The standard InChI is InChI=1S/C22H19N3O5S2/c1-25(11-4-7-19(26)24-22-23-10-12-31-22)32(29,30)14-8-9-17-18(13-14)21(28)16-6-3-2-5-15(16)20(17)27/h2-3,5-6,8-10,12-13H,4,7,11H2,1H3,(H,23,24,26). The van der Waals surface area contributed by atoms with Gasteiger partial charge in [0.05, 0.1) is 4.90 Å². The highest BCUT2D eigenvalue weighted by Crippen LogP contribution is 2.29. The summed E-state index contributed by atoms with van der Waals surface area (Å²) >= 11 is 1.30. The first-order valence-electron chi connectivity index (χ1n) is 9.77. The fourth-order valence-electron chi connectivity index (χ4n) is 3.47. The van der Waals surface area contributed by atoms with E-state index in [0.717, 1.165) is 4.31 Å². The third-order valence-corrected chi connectivity index (χ3v) is 7.70. The third-order valence-electron chi connectivity index (χ3n) is 5.16. The number of ketones is 2. The largest absolute Gasteiger partial charge is 0.302 e. The SMILES string of the molecule is CN(CCCC(=O)Nc1nccs1)S(=O)(=O)c1ccc2c(c1)C(=O)c1ccccc1C2=O. The Labute approximate surface area is 189 Å². The molecule has 1 amide bonds.